The summed E-state index contributed by atoms with van der Waals surface area (Å²) in [6.07, 6.45) is 1.36. The van der Waals surface area contributed by atoms with Crippen molar-refractivity contribution < 1.29 is 9.53 Å². The van der Waals surface area contributed by atoms with E-state index in [-0.39, 0.29) is 11.9 Å². The third kappa shape index (κ3) is 2.95. The highest BCUT2D eigenvalue weighted by molar-refractivity contribution is 7.80. The summed E-state index contributed by atoms with van der Waals surface area (Å²) in [7, 11) is 1.61. The Morgan fingerprint density at radius 1 is 1.53 bits per heavy atom. The van der Waals surface area contributed by atoms with Gasteiger partial charge in [0.05, 0.1) is 13.2 Å². The molecule has 2 rings (SSSR count). The summed E-state index contributed by atoms with van der Waals surface area (Å²) < 4.78 is 5.11. The summed E-state index contributed by atoms with van der Waals surface area (Å²) in [6.45, 7) is 0. The van der Waals surface area contributed by atoms with Gasteiger partial charge in [-0.25, -0.2) is 0 Å². The number of benzene rings is 1. The molecule has 0 aliphatic carbocycles. The zero-order valence-corrected chi connectivity index (χ0v) is 10.4. The lowest BCUT2D eigenvalue weighted by atomic mass is 10.2. The quantitative estimate of drug-likeness (QED) is 0.584. The van der Waals surface area contributed by atoms with E-state index in [2.05, 4.69) is 29.8 Å². The fourth-order valence-electron chi connectivity index (χ4n) is 1.66. The van der Waals surface area contributed by atoms with Crippen molar-refractivity contribution in [1.29, 1.82) is 0 Å². The first kappa shape index (κ1) is 11.9. The van der Waals surface area contributed by atoms with Gasteiger partial charge < -0.3 is 10.1 Å². The van der Waals surface area contributed by atoms with Crippen LogP contribution in [0.15, 0.2) is 23.1 Å². The van der Waals surface area contributed by atoms with Crippen LogP contribution in [0.2, 0.25) is 0 Å². The molecule has 1 aromatic carbocycles. The van der Waals surface area contributed by atoms with E-state index in [1.807, 2.05) is 18.2 Å². The molecule has 0 aromatic heterocycles. The van der Waals surface area contributed by atoms with Gasteiger partial charge in [-0.3, -0.25) is 4.79 Å². The topological polar surface area (TPSA) is 38.3 Å². The molecule has 0 unspecified atom stereocenters. The van der Waals surface area contributed by atoms with E-state index in [0.29, 0.717) is 6.42 Å². The molecular formula is C13H13NO2S. The Morgan fingerprint density at radius 2 is 2.35 bits per heavy atom. The number of methoxy groups -OCH3 is 1. The van der Waals surface area contributed by atoms with E-state index in [4.69, 9.17) is 4.74 Å². The Morgan fingerprint density at radius 3 is 2.94 bits per heavy atom. The smallest absolute Gasteiger partial charge is 0.221 e. The van der Waals surface area contributed by atoms with Crippen molar-refractivity contribution in [2.45, 2.75) is 23.8 Å². The van der Waals surface area contributed by atoms with Gasteiger partial charge in [-0.05, 0) is 24.6 Å². The van der Waals surface area contributed by atoms with Crippen LogP contribution in [-0.2, 0) is 4.79 Å². The Labute approximate surface area is 106 Å². The van der Waals surface area contributed by atoms with Crippen molar-refractivity contribution in [3.05, 3.63) is 23.8 Å². The Bertz CT molecular complexity index is 502. The van der Waals surface area contributed by atoms with E-state index in [9.17, 15) is 4.79 Å². The van der Waals surface area contributed by atoms with E-state index < -0.39 is 0 Å². The molecule has 0 bridgehead atoms. The summed E-state index contributed by atoms with van der Waals surface area (Å²) >= 11 is 4.30. The number of thiol groups is 1. The third-order valence-electron chi connectivity index (χ3n) is 2.56. The Kier molecular flexibility index (Phi) is 3.60. The number of rotatable bonds is 1. The Hall–Kier alpha value is -1.60. The van der Waals surface area contributed by atoms with Crippen LogP contribution in [-0.4, -0.2) is 19.1 Å². The minimum Gasteiger partial charge on any atom is -0.496 e. The average molecular weight is 247 g/mol. The fraction of sp³-hybridized carbons (Fsp3) is 0.308. The molecule has 1 aliphatic heterocycles. The highest BCUT2D eigenvalue weighted by Crippen LogP contribution is 2.22. The van der Waals surface area contributed by atoms with Gasteiger partial charge in [-0.15, -0.1) is 12.6 Å². The fourth-order valence-corrected chi connectivity index (χ4v) is 1.97. The molecule has 1 N–H and O–H groups in total. The number of carbonyl (C=O) groups is 1. The van der Waals surface area contributed by atoms with Crippen LogP contribution in [0.4, 0.5) is 0 Å². The monoisotopic (exact) mass is 247 g/mol. The number of ether oxygens (including phenoxy) is 1. The van der Waals surface area contributed by atoms with E-state index in [1.165, 1.54) is 0 Å². The van der Waals surface area contributed by atoms with Crippen LogP contribution in [0.1, 0.15) is 18.4 Å². The standard InChI is InChI=1S/C13H13NO2S/c1-16-11-6-3-9(8-12(11)17)2-4-10-5-7-13(15)14-10/h3,6,8,10,17H,5,7H2,1H3,(H,14,15)/t10-/m0/s1. The molecule has 4 heteroatoms. The van der Waals surface area contributed by atoms with Gasteiger partial charge in [0.25, 0.3) is 0 Å². The molecule has 1 aromatic rings. The zero-order valence-electron chi connectivity index (χ0n) is 9.49. The maximum absolute atomic E-state index is 11.0. The molecule has 17 heavy (non-hydrogen) atoms. The Balaban J connectivity index is 2.11. The lowest BCUT2D eigenvalue weighted by Gasteiger charge is -2.03. The summed E-state index contributed by atoms with van der Waals surface area (Å²) in [5.41, 5.74) is 0.872. The van der Waals surface area contributed by atoms with Gasteiger partial charge in [0.1, 0.15) is 5.75 Å². The van der Waals surface area contributed by atoms with Crippen molar-refractivity contribution in [3.63, 3.8) is 0 Å². The van der Waals surface area contributed by atoms with E-state index in [0.717, 1.165) is 22.6 Å². The zero-order chi connectivity index (χ0) is 12.3. The predicted molar refractivity (Wildman–Crippen MR) is 68.3 cm³/mol. The van der Waals surface area contributed by atoms with Crippen LogP contribution < -0.4 is 10.1 Å². The maximum atomic E-state index is 11.0. The average Bonchev–Trinajstić information content (AvgIpc) is 2.73. The van der Waals surface area contributed by atoms with Gasteiger partial charge >= 0.3 is 0 Å². The lowest BCUT2D eigenvalue weighted by molar-refractivity contribution is -0.119. The van der Waals surface area contributed by atoms with Crippen molar-refractivity contribution in [1.82, 2.24) is 5.32 Å². The second kappa shape index (κ2) is 5.15. The van der Waals surface area contributed by atoms with Gasteiger partial charge in [-0.1, -0.05) is 11.8 Å². The van der Waals surface area contributed by atoms with Gasteiger partial charge in [0.2, 0.25) is 5.91 Å². The summed E-state index contributed by atoms with van der Waals surface area (Å²) in [5, 5.41) is 2.80. The van der Waals surface area contributed by atoms with E-state index >= 15 is 0 Å². The van der Waals surface area contributed by atoms with Crippen molar-refractivity contribution in [2.75, 3.05) is 7.11 Å². The molecular weight excluding hydrogens is 234 g/mol. The molecule has 0 saturated carbocycles. The number of nitrogens with one attached hydrogen (secondary N) is 1. The molecule has 0 radical (unpaired) electrons. The SMILES string of the molecule is COc1ccc(C#C[C@H]2CCC(=O)N2)cc1S. The third-order valence-corrected chi connectivity index (χ3v) is 2.91. The van der Waals surface area contributed by atoms with Crippen molar-refractivity contribution in [2.24, 2.45) is 0 Å². The normalized spacial score (nSPS) is 18.2. The van der Waals surface area contributed by atoms with Gasteiger partial charge in [0.15, 0.2) is 0 Å². The highest BCUT2D eigenvalue weighted by atomic mass is 32.1. The summed E-state index contributed by atoms with van der Waals surface area (Å²) in [6, 6.07) is 5.54. The molecule has 3 nitrogen and oxygen atoms in total. The molecule has 1 amide bonds. The summed E-state index contributed by atoms with van der Waals surface area (Å²) in [4.78, 5) is 11.8. The first-order valence-electron chi connectivity index (χ1n) is 5.37. The highest BCUT2D eigenvalue weighted by Gasteiger charge is 2.17. The van der Waals surface area contributed by atoms with E-state index in [1.54, 1.807) is 7.11 Å². The predicted octanol–water partition coefficient (Wildman–Crippen LogP) is 1.61. The minimum atomic E-state index is -0.0204. The van der Waals surface area contributed by atoms with Crippen molar-refractivity contribution in [3.8, 4) is 17.6 Å². The molecule has 1 atom stereocenters. The van der Waals surface area contributed by atoms with Crippen LogP contribution >= 0.6 is 12.6 Å². The van der Waals surface area contributed by atoms with Crippen LogP contribution in [0.5, 0.6) is 5.75 Å². The molecule has 1 saturated heterocycles. The van der Waals surface area contributed by atoms with Crippen LogP contribution in [0.25, 0.3) is 0 Å². The molecule has 1 heterocycles. The molecule has 1 aliphatic rings. The minimum absolute atomic E-state index is 0.0204. The van der Waals surface area contributed by atoms with Gasteiger partial charge in [-0.2, -0.15) is 0 Å². The van der Waals surface area contributed by atoms with Crippen LogP contribution in [0.3, 0.4) is 0 Å². The van der Waals surface area contributed by atoms with Crippen LogP contribution in [0, 0.1) is 11.8 Å². The van der Waals surface area contributed by atoms with Crippen molar-refractivity contribution >= 4 is 18.5 Å². The molecule has 1 fully saturated rings. The second-order valence-corrected chi connectivity index (χ2v) is 4.30. The summed E-state index contributed by atoms with van der Waals surface area (Å²) in [5.74, 6) is 6.87. The largest absolute Gasteiger partial charge is 0.496 e. The molecule has 88 valence electrons. The molecule has 0 spiro atoms. The number of amides is 1. The lowest BCUT2D eigenvalue weighted by Crippen LogP contribution is -2.23. The first-order chi connectivity index (χ1) is 8.19. The number of carbonyl (C=O) groups excluding carboxylic acids is 1. The van der Waals surface area contributed by atoms with Gasteiger partial charge in [0, 0.05) is 16.9 Å². The first-order valence-corrected chi connectivity index (χ1v) is 5.81. The number of hydrogen-bond donors (Lipinski definition) is 2. The second-order valence-electron chi connectivity index (χ2n) is 3.81. The number of hydrogen-bond acceptors (Lipinski definition) is 3. The maximum Gasteiger partial charge on any atom is 0.221 e.